The fourth-order valence-electron chi connectivity index (χ4n) is 2.07. The van der Waals surface area contributed by atoms with Gasteiger partial charge in [0.2, 0.25) is 11.8 Å². The van der Waals surface area contributed by atoms with Crippen LogP contribution in [0.5, 0.6) is 0 Å². The lowest BCUT2D eigenvalue weighted by Gasteiger charge is -2.35. The lowest BCUT2D eigenvalue weighted by Crippen LogP contribution is -2.54. The number of hydrogen-bond donors (Lipinski definition) is 2. The summed E-state index contributed by atoms with van der Waals surface area (Å²) in [6, 6.07) is 0. The van der Waals surface area contributed by atoms with Crippen LogP contribution in [0.1, 0.15) is 33.6 Å². The molecular formula is C12H23N3O2. The normalized spacial score (nSPS) is 18.0. The largest absolute Gasteiger partial charge is 0.356 e. The van der Waals surface area contributed by atoms with Crippen molar-refractivity contribution in [2.45, 2.75) is 39.2 Å². The topological polar surface area (TPSA) is 75.4 Å². The van der Waals surface area contributed by atoms with Gasteiger partial charge in [-0.3, -0.25) is 9.59 Å². The van der Waals surface area contributed by atoms with E-state index in [4.69, 9.17) is 5.73 Å². The summed E-state index contributed by atoms with van der Waals surface area (Å²) in [5.41, 5.74) is 4.96. The average molecular weight is 241 g/mol. The minimum absolute atomic E-state index is 0.0353. The molecule has 0 saturated carbocycles. The standard InChI is InChI=1S/C12H23N3O2/c1-4-14-10(16)9-5-7-15(8-6-9)11(17)12(2,3)13/h9H,4-8,13H2,1-3H3,(H,14,16). The SMILES string of the molecule is CCNC(=O)C1CCN(C(=O)C(C)(C)N)CC1. The molecule has 1 aliphatic heterocycles. The minimum atomic E-state index is -0.821. The number of nitrogens with two attached hydrogens (primary N) is 1. The molecule has 0 aromatic rings. The quantitative estimate of drug-likeness (QED) is 0.735. The van der Waals surface area contributed by atoms with Crippen LogP contribution in [0, 0.1) is 5.92 Å². The third kappa shape index (κ3) is 3.70. The van der Waals surface area contributed by atoms with E-state index < -0.39 is 5.54 Å². The third-order valence-electron chi connectivity index (χ3n) is 3.06. The predicted molar refractivity (Wildman–Crippen MR) is 66.3 cm³/mol. The highest BCUT2D eigenvalue weighted by atomic mass is 16.2. The molecule has 0 radical (unpaired) electrons. The zero-order valence-electron chi connectivity index (χ0n) is 11.0. The van der Waals surface area contributed by atoms with Gasteiger partial charge in [0.1, 0.15) is 0 Å². The van der Waals surface area contributed by atoms with E-state index in [0.717, 1.165) is 12.8 Å². The van der Waals surface area contributed by atoms with Crippen molar-refractivity contribution in [2.75, 3.05) is 19.6 Å². The zero-order chi connectivity index (χ0) is 13.1. The summed E-state index contributed by atoms with van der Waals surface area (Å²) in [5, 5.41) is 2.82. The first-order valence-electron chi connectivity index (χ1n) is 6.22. The highest BCUT2D eigenvalue weighted by Gasteiger charge is 2.32. The number of piperidine rings is 1. The Balaban J connectivity index is 2.46. The van der Waals surface area contributed by atoms with Gasteiger partial charge in [-0.25, -0.2) is 0 Å². The van der Waals surface area contributed by atoms with Gasteiger partial charge in [-0.15, -0.1) is 0 Å². The van der Waals surface area contributed by atoms with Gasteiger partial charge in [0.15, 0.2) is 0 Å². The Morgan fingerprint density at radius 2 is 1.88 bits per heavy atom. The van der Waals surface area contributed by atoms with Crippen LogP contribution in [0.4, 0.5) is 0 Å². The van der Waals surface area contributed by atoms with Crippen molar-refractivity contribution >= 4 is 11.8 Å². The molecule has 1 fully saturated rings. The molecule has 0 aliphatic carbocycles. The van der Waals surface area contributed by atoms with E-state index in [1.807, 2.05) is 6.92 Å². The predicted octanol–water partition coefficient (Wildman–Crippen LogP) is 0.0984. The Hall–Kier alpha value is -1.10. The highest BCUT2D eigenvalue weighted by Crippen LogP contribution is 2.19. The molecule has 5 heteroatoms. The lowest BCUT2D eigenvalue weighted by atomic mass is 9.94. The molecule has 1 saturated heterocycles. The number of likely N-dealkylation sites (tertiary alicyclic amines) is 1. The Kier molecular flexibility index (Phi) is 4.51. The first-order chi connectivity index (χ1) is 7.86. The van der Waals surface area contributed by atoms with Gasteiger partial charge in [0.25, 0.3) is 0 Å². The molecule has 0 aromatic heterocycles. The fourth-order valence-corrected chi connectivity index (χ4v) is 2.07. The summed E-state index contributed by atoms with van der Waals surface area (Å²) in [4.78, 5) is 25.3. The van der Waals surface area contributed by atoms with Crippen LogP contribution in [-0.2, 0) is 9.59 Å². The van der Waals surface area contributed by atoms with Gasteiger partial charge in [0.05, 0.1) is 5.54 Å². The second-order valence-electron chi connectivity index (χ2n) is 5.18. The zero-order valence-corrected chi connectivity index (χ0v) is 11.0. The maximum absolute atomic E-state index is 11.9. The number of amides is 2. The van der Waals surface area contributed by atoms with E-state index in [-0.39, 0.29) is 17.7 Å². The average Bonchev–Trinajstić information content (AvgIpc) is 2.27. The molecule has 2 amide bonds. The van der Waals surface area contributed by atoms with Crippen LogP contribution in [0.3, 0.4) is 0 Å². The van der Waals surface area contributed by atoms with Crippen LogP contribution >= 0.6 is 0 Å². The second-order valence-corrected chi connectivity index (χ2v) is 5.18. The van der Waals surface area contributed by atoms with Crippen molar-refractivity contribution in [1.29, 1.82) is 0 Å². The van der Waals surface area contributed by atoms with E-state index in [0.29, 0.717) is 19.6 Å². The Bertz CT molecular complexity index is 289. The van der Waals surface area contributed by atoms with Gasteiger partial charge in [0, 0.05) is 25.6 Å². The molecule has 0 unspecified atom stereocenters. The molecule has 0 bridgehead atoms. The number of rotatable bonds is 3. The molecule has 5 nitrogen and oxygen atoms in total. The van der Waals surface area contributed by atoms with E-state index in [1.165, 1.54) is 0 Å². The number of carbonyl (C=O) groups is 2. The summed E-state index contributed by atoms with van der Waals surface area (Å²) in [6.07, 6.45) is 1.46. The molecule has 0 atom stereocenters. The molecule has 1 aliphatic rings. The van der Waals surface area contributed by atoms with Crippen LogP contribution in [-0.4, -0.2) is 41.9 Å². The fraction of sp³-hybridized carbons (Fsp3) is 0.833. The van der Waals surface area contributed by atoms with Gasteiger partial charge < -0.3 is 16.0 Å². The number of hydrogen-bond acceptors (Lipinski definition) is 3. The maximum atomic E-state index is 11.9. The third-order valence-corrected chi connectivity index (χ3v) is 3.06. The summed E-state index contributed by atoms with van der Waals surface area (Å²) in [6.45, 7) is 7.25. The molecule has 1 rings (SSSR count). The highest BCUT2D eigenvalue weighted by molar-refractivity contribution is 5.85. The van der Waals surface area contributed by atoms with E-state index >= 15 is 0 Å². The van der Waals surface area contributed by atoms with Crippen LogP contribution in [0.2, 0.25) is 0 Å². The van der Waals surface area contributed by atoms with Crippen molar-refractivity contribution < 1.29 is 9.59 Å². The summed E-state index contributed by atoms with van der Waals surface area (Å²) in [7, 11) is 0. The van der Waals surface area contributed by atoms with Gasteiger partial charge >= 0.3 is 0 Å². The molecule has 3 N–H and O–H groups in total. The second kappa shape index (κ2) is 5.49. The molecule has 0 aromatic carbocycles. The van der Waals surface area contributed by atoms with Crippen molar-refractivity contribution in [3.05, 3.63) is 0 Å². The number of nitrogens with zero attached hydrogens (tertiary/aromatic N) is 1. The van der Waals surface area contributed by atoms with Crippen LogP contribution in [0.15, 0.2) is 0 Å². The smallest absolute Gasteiger partial charge is 0.242 e. The van der Waals surface area contributed by atoms with E-state index in [9.17, 15) is 9.59 Å². The van der Waals surface area contributed by atoms with Crippen molar-refractivity contribution in [1.82, 2.24) is 10.2 Å². The minimum Gasteiger partial charge on any atom is -0.356 e. The molecule has 98 valence electrons. The van der Waals surface area contributed by atoms with Gasteiger partial charge in [-0.2, -0.15) is 0 Å². The maximum Gasteiger partial charge on any atom is 0.242 e. The molecule has 17 heavy (non-hydrogen) atoms. The van der Waals surface area contributed by atoms with E-state index in [1.54, 1.807) is 18.7 Å². The Labute approximate surface area is 103 Å². The summed E-state index contributed by atoms with van der Waals surface area (Å²) in [5.74, 6) is 0.110. The lowest BCUT2D eigenvalue weighted by molar-refractivity contribution is -0.139. The van der Waals surface area contributed by atoms with Gasteiger partial charge in [-0.1, -0.05) is 0 Å². The van der Waals surface area contributed by atoms with Crippen LogP contribution in [0.25, 0.3) is 0 Å². The van der Waals surface area contributed by atoms with Gasteiger partial charge in [-0.05, 0) is 33.6 Å². The van der Waals surface area contributed by atoms with Crippen LogP contribution < -0.4 is 11.1 Å². The van der Waals surface area contributed by atoms with Crippen molar-refractivity contribution in [3.8, 4) is 0 Å². The van der Waals surface area contributed by atoms with Crippen molar-refractivity contribution in [2.24, 2.45) is 11.7 Å². The molecule has 0 spiro atoms. The molecule has 1 heterocycles. The summed E-state index contributed by atoms with van der Waals surface area (Å²) < 4.78 is 0. The Morgan fingerprint density at radius 1 is 1.35 bits per heavy atom. The van der Waals surface area contributed by atoms with Crippen molar-refractivity contribution in [3.63, 3.8) is 0 Å². The first-order valence-corrected chi connectivity index (χ1v) is 6.22. The molecular weight excluding hydrogens is 218 g/mol. The van der Waals surface area contributed by atoms with E-state index in [2.05, 4.69) is 5.32 Å². The Morgan fingerprint density at radius 3 is 2.29 bits per heavy atom. The first kappa shape index (κ1) is 14.0. The summed E-state index contributed by atoms with van der Waals surface area (Å²) >= 11 is 0. The number of nitrogens with one attached hydrogen (secondary N) is 1. The monoisotopic (exact) mass is 241 g/mol. The number of carbonyl (C=O) groups excluding carboxylic acids is 2.